The number of furan rings is 1. The number of aromatic amines is 1. The standard InChI is InChI=1S/C20H18FN3O/c21-14-7-8-19-13(10-14)11-15(25-19)12-24-9-3-6-18(24)20-22-16-4-1-2-5-17(16)23-20/h1-2,4-5,7-8,10-11,18H,3,6,9,12H2,(H,22,23)/t18-/m0/s1. The lowest BCUT2D eigenvalue weighted by atomic mass is 10.2. The molecular formula is C20H18FN3O. The van der Waals surface area contributed by atoms with Crippen molar-refractivity contribution in [2.75, 3.05) is 6.54 Å². The van der Waals surface area contributed by atoms with Gasteiger partial charge in [-0.3, -0.25) is 4.90 Å². The number of H-pyrrole nitrogens is 1. The Bertz CT molecular complexity index is 1020. The molecule has 0 spiro atoms. The molecule has 5 rings (SSSR count). The van der Waals surface area contributed by atoms with Gasteiger partial charge >= 0.3 is 0 Å². The molecule has 5 heteroatoms. The van der Waals surface area contributed by atoms with Crippen LogP contribution in [0.5, 0.6) is 0 Å². The predicted molar refractivity (Wildman–Crippen MR) is 94.7 cm³/mol. The first-order valence-electron chi connectivity index (χ1n) is 8.63. The number of aromatic nitrogens is 2. The zero-order valence-corrected chi connectivity index (χ0v) is 13.7. The summed E-state index contributed by atoms with van der Waals surface area (Å²) in [6, 6.07) is 14.9. The number of halogens is 1. The summed E-state index contributed by atoms with van der Waals surface area (Å²) in [5.74, 6) is 1.64. The number of para-hydroxylation sites is 2. The Balaban J connectivity index is 1.43. The summed E-state index contributed by atoms with van der Waals surface area (Å²) < 4.78 is 19.3. The first-order chi connectivity index (χ1) is 12.3. The first kappa shape index (κ1) is 14.7. The van der Waals surface area contributed by atoms with Crippen LogP contribution < -0.4 is 0 Å². The zero-order chi connectivity index (χ0) is 16.8. The Kier molecular flexibility index (Phi) is 3.35. The number of hydrogen-bond acceptors (Lipinski definition) is 3. The van der Waals surface area contributed by atoms with Crippen LogP contribution in [0, 0.1) is 5.82 Å². The summed E-state index contributed by atoms with van der Waals surface area (Å²) >= 11 is 0. The van der Waals surface area contributed by atoms with Gasteiger partial charge in [-0.05, 0) is 55.8 Å². The molecule has 1 fully saturated rings. The smallest absolute Gasteiger partial charge is 0.134 e. The Morgan fingerprint density at radius 3 is 3.04 bits per heavy atom. The fourth-order valence-corrected chi connectivity index (χ4v) is 3.80. The molecule has 25 heavy (non-hydrogen) atoms. The SMILES string of the molecule is Fc1ccc2oc(CN3CCC[C@H]3c3nc4ccccc4[nH]3)cc2c1. The van der Waals surface area contributed by atoms with Crippen molar-refractivity contribution in [3.05, 3.63) is 65.9 Å². The maximum absolute atomic E-state index is 13.4. The van der Waals surface area contributed by atoms with E-state index in [2.05, 4.69) is 16.0 Å². The lowest BCUT2D eigenvalue weighted by Gasteiger charge is -2.21. The van der Waals surface area contributed by atoms with E-state index in [-0.39, 0.29) is 11.9 Å². The molecule has 0 amide bonds. The van der Waals surface area contributed by atoms with Crippen molar-refractivity contribution in [1.82, 2.24) is 14.9 Å². The van der Waals surface area contributed by atoms with E-state index >= 15 is 0 Å². The van der Waals surface area contributed by atoms with Crippen molar-refractivity contribution in [2.24, 2.45) is 0 Å². The Hall–Kier alpha value is -2.66. The van der Waals surface area contributed by atoms with Gasteiger partial charge < -0.3 is 9.40 Å². The van der Waals surface area contributed by atoms with E-state index < -0.39 is 0 Å². The highest BCUT2D eigenvalue weighted by Crippen LogP contribution is 2.33. The van der Waals surface area contributed by atoms with Gasteiger partial charge in [-0.25, -0.2) is 9.37 Å². The van der Waals surface area contributed by atoms with Gasteiger partial charge in [0.05, 0.1) is 23.6 Å². The van der Waals surface area contributed by atoms with Crippen molar-refractivity contribution in [2.45, 2.75) is 25.4 Å². The molecule has 0 saturated carbocycles. The molecule has 2 aromatic carbocycles. The van der Waals surface area contributed by atoms with Gasteiger partial charge in [0.1, 0.15) is 23.0 Å². The first-order valence-corrected chi connectivity index (χ1v) is 8.63. The van der Waals surface area contributed by atoms with Crippen LogP contribution in [0.15, 0.2) is 52.9 Å². The van der Waals surface area contributed by atoms with Crippen molar-refractivity contribution < 1.29 is 8.81 Å². The second-order valence-corrected chi connectivity index (χ2v) is 6.66. The van der Waals surface area contributed by atoms with Crippen LogP contribution in [0.4, 0.5) is 4.39 Å². The van der Waals surface area contributed by atoms with Crippen molar-refractivity contribution in [3.63, 3.8) is 0 Å². The summed E-state index contributed by atoms with van der Waals surface area (Å²) in [7, 11) is 0. The molecule has 4 nitrogen and oxygen atoms in total. The number of nitrogens with one attached hydrogen (secondary N) is 1. The normalized spacial score (nSPS) is 18.5. The van der Waals surface area contributed by atoms with Gasteiger partial charge in [-0.1, -0.05) is 12.1 Å². The highest BCUT2D eigenvalue weighted by molar-refractivity contribution is 5.78. The third kappa shape index (κ3) is 2.61. The monoisotopic (exact) mass is 335 g/mol. The van der Waals surface area contributed by atoms with Crippen LogP contribution in [0.25, 0.3) is 22.0 Å². The van der Waals surface area contributed by atoms with Crippen molar-refractivity contribution >= 4 is 22.0 Å². The van der Waals surface area contributed by atoms with Crippen LogP contribution in [-0.4, -0.2) is 21.4 Å². The summed E-state index contributed by atoms with van der Waals surface area (Å²) in [5, 5.41) is 0.814. The van der Waals surface area contributed by atoms with Crippen LogP contribution >= 0.6 is 0 Å². The molecule has 0 unspecified atom stereocenters. The summed E-state index contributed by atoms with van der Waals surface area (Å²) in [5.41, 5.74) is 2.81. The third-order valence-electron chi connectivity index (χ3n) is 4.98. The number of hydrogen-bond donors (Lipinski definition) is 1. The van der Waals surface area contributed by atoms with Crippen LogP contribution in [0.3, 0.4) is 0 Å². The van der Waals surface area contributed by atoms with Gasteiger partial charge in [-0.15, -0.1) is 0 Å². The molecule has 126 valence electrons. The highest BCUT2D eigenvalue weighted by atomic mass is 19.1. The molecule has 1 atom stereocenters. The van der Waals surface area contributed by atoms with Gasteiger partial charge in [0, 0.05) is 5.39 Å². The number of benzene rings is 2. The summed E-state index contributed by atoms with van der Waals surface area (Å²) in [6.07, 6.45) is 2.21. The topological polar surface area (TPSA) is 45.1 Å². The van der Waals surface area contributed by atoms with Gasteiger partial charge in [0.2, 0.25) is 0 Å². The maximum Gasteiger partial charge on any atom is 0.134 e. The largest absolute Gasteiger partial charge is 0.460 e. The predicted octanol–water partition coefficient (Wildman–Crippen LogP) is 4.79. The minimum Gasteiger partial charge on any atom is -0.460 e. The van der Waals surface area contributed by atoms with E-state index in [0.717, 1.165) is 53.0 Å². The van der Waals surface area contributed by atoms with E-state index in [9.17, 15) is 4.39 Å². The third-order valence-corrected chi connectivity index (χ3v) is 4.98. The summed E-state index contributed by atoms with van der Waals surface area (Å²) in [6.45, 7) is 1.71. The van der Waals surface area contributed by atoms with E-state index in [0.29, 0.717) is 6.54 Å². The highest BCUT2D eigenvalue weighted by Gasteiger charge is 2.29. The fraction of sp³-hybridized carbons (Fsp3) is 0.250. The fourth-order valence-electron chi connectivity index (χ4n) is 3.80. The lowest BCUT2D eigenvalue weighted by molar-refractivity contribution is 0.224. The molecule has 2 aromatic heterocycles. The second-order valence-electron chi connectivity index (χ2n) is 6.66. The summed E-state index contributed by atoms with van der Waals surface area (Å²) in [4.78, 5) is 10.6. The molecule has 0 radical (unpaired) electrons. The van der Waals surface area contributed by atoms with Gasteiger partial charge in [0.25, 0.3) is 0 Å². The van der Waals surface area contributed by atoms with Crippen molar-refractivity contribution in [3.8, 4) is 0 Å². The minimum atomic E-state index is -0.235. The Labute approximate surface area is 144 Å². The number of nitrogens with zero attached hydrogens (tertiary/aromatic N) is 2. The lowest BCUT2D eigenvalue weighted by Crippen LogP contribution is -2.23. The average molecular weight is 335 g/mol. The van der Waals surface area contributed by atoms with E-state index in [1.54, 1.807) is 6.07 Å². The second kappa shape index (κ2) is 5.70. The number of imidazole rings is 1. The Morgan fingerprint density at radius 1 is 1.20 bits per heavy atom. The van der Waals surface area contributed by atoms with E-state index in [4.69, 9.17) is 9.40 Å². The number of fused-ring (bicyclic) bond motifs is 2. The molecule has 0 aliphatic carbocycles. The van der Waals surface area contributed by atoms with Gasteiger partial charge in [-0.2, -0.15) is 0 Å². The van der Waals surface area contributed by atoms with Crippen molar-refractivity contribution in [1.29, 1.82) is 0 Å². The molecular weight excluding hydrogens is 317 g/mol. The van der Waals surface area contributed by atoms with Crippen LogP contribution in [-0.2, 0) is 6.54 Å². The Morgan fingerprint density at radius 2 is 2.12 bits per heavy atom. The van der Waals surface area contributed by atoms with E-state index in [1.807, 2.05) is 24.3 Å². The molecule has 1 aliphatic rings. The van der Waals surface area contributed by atoms with Gasteiger partial charge in [0.15, 0.2) is 0 Å². The quantitative estimate of drug-likeness (QED) is 0.586. The average Bonchev–Trinajstić information content (AvgIpc) is 3.31. The van der Waals surface area contributed by atoms with Crippen LogP contribution in [0.1, 0.15) is 30.5 Å². The molecule has 1 N–H and O–H groups in total. The molecule has 1 aliphatic heterocycles. The molecule has 3 heterocycles. The van der Waals surface area contributed by atoms with E-state index in [1.165, 1.54) is 12.1 Å². The maximum atomic E-state index is 13.4. The number of likely N-dealkylation sites (tertiary alicyclic amines) is 1. The molecule has 4 aromatic rings. The number of rotatable bonds is 3. The van der Waals surface area contributed by atoms with Crippen LogP contribution in [0.2, 0.25) is 0 Å². The zero-order valence-electron chi connectivity index (χ0n) is 13.7. The minimum absolute atomic E-state index is 0.235. The molecule has 0 bridgehead atoms. The molecule has 1 saturated heterocycles.